The van der Waals surface area contributed by atoms with Crippen molar-refractivity contribution in [2.24, 2.45) is 0 Å². The van der Waals surface area contributed by atoms with Crippen LogP contribution in [0.25, 0.3) is 22.5 Å². The van der Waals surface area contributed by atoms with Gasteiger partial charge in [-0.25, -0.2) is 19.3 Å². The first-order valence-electron chi connectivity index (χ1n) is 14.5. The van der Waals surface area contributed by atoms with E-state index >= 15 is 0 Å². The van der Waals surface area contributed by atoms with E-state index in [-0.39, 0.29) is 40.5 Å². The van der Waals surface area contributed by atoms with Gasteiger partial charge in [0.15, 0.2) is 11.5 Å². The minimum Gasteiger partial charge on any atom is -0.633 e. The van der Waals surface area contributed by atoms with Crippen molar-refractivity contribution in [2.75, 3.05) is 36.6 Å². The van der Waals surface area contributed by atoms with E-state index in [0.29, 0.717) is 33.8 Å². The number of hydroxylamine groups is 3. The predicted molar refractivity (Wildman–Crippen MR) is 173 cm³/mol. The minimum absolute atomic E-state index is 0.107. The molecule has 6 rings (SSSR count). The summed E-state index contributed by atoms with van der Waals surface area (Å²) in [5.41, 5.74) is 8.99. The van der Waals surface area contributed by atoms with Crippen molar-refractivity contribution in [1.82, 2.24) is 19.1 Å². The number of nitrogens with one attached hydrogen (secondary N) is 1. The maximum Gasteiger partial charge on any atom is 0.339 e. The Balaban J connectivity index is 1.30. The van der Waals surface area contributed by atoms with Crippen molar-refractivity contribution in [3.63, 3.8) is 0 Å². The summed E-state index contributed by atoms with van der Waals surface area (Å²) in [6, 6.07) is 22.7. The second-order valence-corrected chi connectivity index (χ2v) is 11.2. The van der Waals surface area contributed by atoms with Gasteiger partial charge in [0.05, 0.1) is 31.0 Å². The number of likely N-dealkylation sites (N-methyl/N-ethyl adjacent to an activating group) is 2. The standard InChI is InChI=1S/C33H32N8O4/c1-38(28(42)12-7-19-41(2,45)27-17-18-27)25-10-6-11-26(20-25)40-31-29(30(34)35-21-36-31)39(33(40)44)24-15-13-23(14-16-24)37-32(43)22-8-4-3-5-9-22/h3-16,20-21,27H,17-19H2,1-2H3,(H,37,43)(H2,34,35,36)/b12-7+. The molecule has 12 nitrogen and oxygen atoms in total. The summed E-state index contributed by atoms with van der Waals surface area (Å²) >= 11 is 0. The molecule has 1 unspecified atom stereocenters. The molecule has 5 aromatic rings. The molecule has 228 valence electrons. The molecule has 0 spiro atoms. The summed E-state index contributed by atoms with van der Waals surface area (Å²) in [5.74, 6) is -0.445. The van der Waals surface area contributed by atoms with Crippen LogP contribution in [0, 0.1) is 5.21 Å². The lowest BCUT2D eigenvalue weighted by Gasteiger charge is -2.38. The Morgan fingerprint density at radius 1 is 1.02 bits per heavy atom. The van der Waals surface area contributed by atoms with Gasteiger partial charge < -0.3 is 25.8 Å². The third-order valence-electron chi connectivity index (χ3n) is 7.92. The summed E-state index contributed by atoms with van der Waals surface area (Å²) in [7, 11) is 3.25. The van der Waals surface area contributed by atoms with Crippen molar-refractivity contribution in [3.8, 4) is 11.4 Å². The quantitative estimate of drug-likeness (QED) is 0.146. The molecule has 2 aromatic heterocycles. The van der Waals surface area contributed by atoms with Crippen LogP contribution < -0.4 is 21.6 Å². The first-order valence-corrected chi connectivity index (χ1v) is 14.5. The van der Waals surface area contributed by atoms with Gasteiger partial charge in [-0.3, -0.25) is 14.2 Å². The summed E-state index contributed by atoms with van der Waals surface area (Å²) in [4.78, 5) is 49.5. The fourth-order valence-corrected chi connectivity index (χ4v) is 5.22. The van der Waals surface area contributed by atoms with E-state index < -0.39 is 5.69 Å². The van der Waals surface area contributed by atoms with E-state index in [4.69, 9.17) is 5.73 Å². The highest BCUT2D eigenvalue weighted by Gasteiger charge is 2.34. The number of imidazole rings is 1. The maximum absolute atomic E-state index is 14.0. The van der Waals surface area contributed by atoms with Crippen molar-refractivity contribution < 1.29 is 14.2 Å². The van der Waals surface area contributed by atoms with Gasteiger partial charge in [-0.2, -0.15) is 0 Å². The van der Waals surface area contributed by atoms with E-state index in [1.807, 2.05) is 6.07 Å². The van der Waals surface area contributed by atoms with Gasteiger partial charge in [-0.15, -0.1) is 0 Å². The van der Waals surface area contributed by atoms with Gasteiger partial charge in [0.25, 0.3) is 11.8 Å². The molecule has 2 heterocycles. The van der Waals surface area contributed by atoms with Crippen molar-refractivity contribution in [3.05, 3.63) is 119 Å². The number of fused-ring (bicyclic) bond motifs is 1. The van der Waals surface area contributed by atoms with Crippen molar-refractivity contribution >= 4 is 40.2 Å². The third kappa shape index (κ3) is 5.96. The number of benzene rings is 3. The predicted octanol–water partition coefficient (Wildman–Crippen LogP) is 4.03. The molecule has 1 saturated carbocycles. The Kier molecular flexibility index (Phi) is 7.75. The van der Waals surface area contributed by atoms with E-state index in [1.54, 1.807) is 93.0 Å². The van der Waals surface area contributed by atoms with Crippen LogP contribution in [0.15, 0.2) is 102 Å². The summed E-state index contributed by atoms with van der Waals surface area (Å²) in [6.45, 7) is 0.223. The average Bonchev–Trinajstić information content (AvgIpc) is 3.86. The Bertz CT molecular complexity index is 1980. The number of carbonyl (C=O) groups excluding carboxylic acids is 2. The number of quaternary nitrogens is 1. The van der Waals surface area contributed by atoms with Crippen LogP contribution in [-0.4, -0.2) is 62.2 Å². The molecule has 0 saturated heterocycles. The third-order valence-corrected chi connectivity index (χ3v) is 7.92. The highest BCUT2D eigenvalue weighted by Crippen LogP contribution is 2.31. The van der Waals surface area contributed by atoms with Gasteiger partial charge in [0.2, 0.25) is 0 Å². The maximum atomic E-state index is 14.0. The van der Waals surface area contributed by atoms with E-state index in [9.17, 15) is 19.6 Å². The number of nitrogens with zero attached hydrogens (tertiary/aromatic N) is 6. The average molecular weight is 605 g/mol. The van der Waals surface area contributed by atoms with Gasteiger partial charge in [0.1, 0.15) is 11.8 Å². The molecule has 1 fully saturated rings. The van der Waals surface area contributed by atoms with E-state index in [1.165, 1.54) is 26.4 Å². The highest BCUT2D eigenvalue weighted by molar-refractivity contribution is 6.04. The molecule has 3 aromatic carbocycles. The van der Waals surface area contributed by atoms with Crippen LogP contribution >= 0.6 is 0 Å². The number of nitrogens with two attached hydrogens (primary N) is 1. The van der Waals surface area contributed by atoms with Gasteiger partial charge >= 0.3 is 5.69 Å². The van der Waals surface area contributed by atoms with Crippen LogP contribution in [0.2, 0.25) is 0 Å². The Morgan fingerprint density at radius 2 is 1.76 bits per heavy atom. The molecule has 3 N–H and O–H groups in total. The van der Waals surface area contributed by atoms with Crippen molar-refractivity contribution in [2.45, 2.75) is 18.9 Å². The zero-order valence-corrected chi connectivity index (χ0v) is 24.8. The molecule has 12 heteroatoms. The van der Waals surface area contributed by atoms with Crippen LogP contribution in [0.4, 0.5) is 17.2 Å². The van der Waals surface area contributed by atoms with Gasteiger partial charge in [-0.05, 0) is 60.7 Å². The fourth-order valence-electron chi connectivity index (χ4n) is 5.22. The van der Waals surface area contributed by atoms with Crippen LogP contribution in [0.3, 0.4) is 0 Å². The number of anilines is 3. The molecule has 0 radical (unpaired) electrons. The fraction of sp³-hybridized carbons (Fsp3) is 0.182. The monoisotopic (exact) mass is 604 g/mol. The molecule has 45 heavy (non-hydrogen) atoms. The van der Waals surface area contributed by atoms with Gasteiger partial charge in [0, 0.05) is 42.9 Å². The zero-order valence-electron chi connectivity index (χ0n) is 24.8. The van der Waals surface area contributed by atoms with Crippen molar-refractivity contribution in [1.29, 1.82) is 0 Å². The number of aromatic nitrogens is 4. The molecule has 1 aliphatic rings. The SMILES string of the molecule is CN(C(=O)/C=C/C[N+](C)([O-])C1CC1)c1cccc(-n2c(=O)n(-c3ccc(NC(=O)c4ccccc4)cc3)c3c(N)ncnc32)c1. The normalized spacial score (nSPS) is 14.4. The molecule has 1 atom stereocenters. The van der Waals surface area contributed by atoms with Crippen LogP contribution in [0.5, 0.6) is 0 Å². The first-order chi connectivity index (χ1) is 21.6. The number of rotatable bonds is 9. The minimum atomic E-state index is -0.447. The number of hydrogen-bond donors (Lipinski definition) is 2. The number of amides is 2. The topological polar surface area (TPSA) is 151 Å². The zero-order chi connectivity index (χ0) is 31.7. The second kappa shape index (κ2) is 11.8. The van der Waals surface area contributed by atoms with Crippen LogP contribution in [0.1, 0.15) is 23.2 Å². The number of hydrogen-bond acceptors (Lipinski definition) is 7. The Labute approximate surface area is 258 Å². The summed E-state index contributed by atoms with van der Waals surface area (Å²) < 4.78 is 2.44. The lowest BCUT2D eigenvalue weighted by molar-refractivity contribution is -0.865. The smallest absolute Gasteiger partial charge is 0.339 e. The molecule has 2 amide bonds. The second-order valence-electron chi connectivity index (χ2n) is 11.2. The largest absolute Gasteiger partial charge is 0.633 e. The summed E-state index contributed by atoms with van der Waals surface area (Å²) in [6.07, 6.45) is 6.14. The first kappa shape index (κ1) is 29.5. The Morgan fingerprint density at radius 3 is 2.47 bits per heavy atom. The molecular weight excluding hydrogens is 572 g/mol. The molecule has 0 bridgehead atoms. The Hall–Kier alpha value is -5.59. The number of carbonyl (C=O) groups is 2. The number of nitrogen functional groups attached to an aromatic ring is 1. The highest BCUT2D eigenvalue weighted by atomic mass is 16.5. The lowest BCUT2D eigenvalue weighted by atomic mass is 10.2. The van der Waals surface area contributed by atoms with Gasteiger partial charge in [-0.1, -0.05) is 24.3 Å². The van der Waals surface area contributed by atoms with E-state index in [0.717, 1.165) is 12.8 Å². The molecule has 1 aliphatic carbocycles. The molecular formula is C33H32N8O4. The van der Waals surface area contributed by atoms with E-state index in [2.05, 4.69) is 15.3 Å². The lowest BCUT2D eigenvalue weighted by Crippen LogP contribution is -2.40. The molecule has 0 aliphatic heterocycles. The summed E-state index contributed by atoms with van der Waals surface area (Å²) in [5, 5.41) is 15.4. The van der Waals surface area contributed by atoms with Crippen LogP contribution in [-0.2, 0) is 4.79 Å².